The highest BCUT2D eigenvalue weighted by molar-refractivity contribution is 6.30. The van der Waals surface area contributed by atoms with Gasteiger partial charge in [0, 0.05) is 28.4 Å². The second kappa shape index (κ2) is 9.07. The third-order valence-corrected chi connectivity index (χ3v) is 6.26. The molecule has 1 amide bonds. The van der Waals surface area contributed by atoms with Crippen LogP contribution in [0.1, 0.15) is 67.3 Å². The number of amides is 1. The van der Waals surface area contributed by atoms with Gasteiger partial charge in [-0.3, -0.25) is 4.79 Å². The Morgan fingerprint density at radius 2 is 1.69 bits per heavy atom. The average Bonchev–Trinajstić information content (AvgIpc) is 2.93. The summed E-state index contributed by atoms with van der Waals surface area (Å²) >= 11 is 6.09. The average molecular weight is 454 g/mol. The molecule has 0 N–H and O–H groups in total. The molecule has 1 heterocycles. The predicted molar refractivity (Wildman–Crippen MR) is 126 cm³/mol. The van der Waals surface area contributed by atoms with Crippen molar-refractivity contribution in [3.63, 3.8) is 0 Å². The Hall–Kier alpha value is -2.66. The number of rotatable bonds is 4. The van der Waals surface area contributed by atoms with Gasteiger partial charge in [-0.05, 0) is 88.4 Å². The van der Waals surface area contributed by atoms with E-state index in [2.05, 4.69) is 0 Å². The molecular weight excluding hydrogens is 425 g/mol. The summed E-state index contributed by atoms with van der Waals surface area (Å²) in [4.78, 5) is 15.7. The van der Waals surface area contributed by atoms with Crippen LogP contribution >= 0.6 is 11.6 Å². The second-order valence-electron chi connectivity index (χ2n) is 9.41. The minimum atomic E-state index is -0.423. The number of halogens is 2. The van der Waals surface area contributed by atoms with E-state index in [0.717, 1.165) is 54.6 Å². The molecule has 1 aliphatic rings. The third kappa shape index (κ3) is 4.73. The highest BCUT2D eigenvalue weighted by Crippen LogP contribution is 2.30. The minimum absolute atomic E-state index is 0.0901. The van der Waals surface area contributed by atoms with Crippen LogP contribution in [0.4, 0.5) is 4.39 Å². The number of aromatic nitrogens is 2. The van der Waals surface area contributed by atoms with Crippen LogP contribution in [0.25, 0.3) is 5.69 Å². The van der Waals surface area contributed by atoms with Crippen LogP contribution in [0.15, 0.2) is 48.5 Å². The molecule has 1 aliphatic carbocycles. The molecule has 1 aromatic heterocycles. The quantitative estimate of drug-likeness (QED) is 0.430. The predicted octanol–water partition coefficient (Wildman–Crippen LogP) is 6.37. The largest absolute Gasteiger partial charge is 0.328 e. The van der Waals surface area contributed by atoms with E-state index in [1.807, 2.05) is 54.6 Å². The minimum Gasteiger partial charge on any atom is -0.328 e. The van der Waals surface area contributed by atoms with E-state index in [4.69, 9.17) is 16.7 Å². The van der Waals surface area contributed by atoms with Crippen LogP contribution in [0, 0.1) is 5.82 Å². The van der Waals surface area contributed by atoms with Crippen LogP contribution in [0.5, 0.6) is 0 Å². The van der Waals surface area contributed by atoms with Gasteiger partial charge in [0.1, 0.15) is 5.82 Å². The van der Waals surface area contributed by atoms with Gasteiger partial charge in [0.2, 0.25) is 0 Å². The summed E-state index contributed by atoms with van der Waals surface area (Å²) in [5, 5.41) is 5.51. The maximum absolute atomic E-state index is 13.9. The number of hydrogen-bond acceptors (Lipinski definition) is 2. The Morgan fingerprint density at radius 3 is 2.34 bits per heavy atom. The molecular formula is C26H29ClFN3O. The molecule has 168 valence electrons. The lowest BCUT2D eigenvalue weighted by molar-refractivity contribution is 0.0551. The zero-order valence-corrected chi connectivity index (χ0v) is 19.6. The lowest BCUT2D eigenvalue weighted by Gasteiger charge is -2.35. The molecule has 0 unspecified atom stereocenters. The molecule has 4 nitrogen and oxygen atoms in total. The second-order valence-corrected chi connectivity index (χ2v) is 9.85. The van der Waals surface area contributed by atoms with Gasteiger partial charge in [-0.15, -0.1) is 0 Å². The summed E-state index contributed by atoms with van der Waals surface area (Å²) < 4.78 is 15.3. The Bertz CT molecular complexity index is 1100. The Morgan fingerprint density at radius 1 is 1.03 bits per heavy atom. The number of carbonyl (C=O) groups excluding carboxylic acids is 1. The molecule has 2 aromatic carbocycles. The zero-order chi connectivity index (χ0) is 22.9. The summed E-state index contributed by atoms with van der Waals surface area (Å²) in [6, 6.07) is 13.9. The summed E-state index contributed by atoms with van der Waals surface area (Å²) in [5.74, 6) is -0.373. The Labute approximate surface area is 194 Å². The number of fused-ring (bicyclic) bond motifs is 1. The van der Waals surface area contributed by atoms with Crippen molar-refractivity contribution in [1.82, 2.24) is 14.7 Å². The van der Waals surface area contributed by atoms with Gasteiger partial charge in [0.15, 0.2) is 5.69 Å². The van der Waals surface area contributed by atoms with Gasteiger partial charge in [-0.2, -0.15) is 5.10 Å². The molecule has 0 spiro atoms. The molecule has 0 aliphatic heterocycles. The van der Waals surface area contributed by atoms with Crippen LogP contribution in [-0.2, 0) is 19.4 Å². The van der Waals surface area contributed by atoms with E-state index in [9.17, 15) is 9.18 Å². The van der Waals surface area contributed by atoms with Crippen molar-refractivity contribution in [3.05, 3.63) is 81.9 Å². The SMILES string of the molecule is CC(C)(C)N(Cc1ccc(F)cc1)C(=O)c1nn(-c2ccc(Cl)cc2)c2c1CCCCC2. The first-order valence-electron chi connectivity index (χ1n) is 11.2. The highest BCUT2D eigenvalue weighted by Gasteiger charge is 2.33. The molecule has 3 aromatic rings. The lowest BCUT2D eigenvalue weighted by Crippen LogP contribution is -2.45. The van der Waals surface area contributed by atoms with Crippen molar-refractivity contribution >= 4 is 17.5 Å². The van der Waals surface area contributed by atoms with Crippen molar-refractivity contribution in [2.24, 2.45) is 0 Å². The molecule has 32 heavy (non-hydrogen) atoms. The van der Waals surface area contributed by atoms with Gasteiger partial charge in [0.05, 0.1) is 5.69 Å². The summed E-state index contributed by atoms with van der Waals surface area (Å²) in [6.07, 6.45) is 5.01. The monoisotopic (exact) mass is 453 g/mol. The van der Waals surface area contributed by atoms with Crippen LogP contribution < -0.4 is 0 Å². The Kier molecular flexibility index (Phi) is 6.38. The fourth-order valence-corrected chi connectivity index (χ4v) is 4.38. The number of hydrogen-bond donors (Lipinski definition) is 0. The maximum Gasteiger partial charge on any atom is 0.275 e. The van der Waals surface area contributed by atoms with Crippen LogP contribution in [0.2, 0.25) is 5.02 Å². The van der Waals surface area contributed by atoms with E-state index >= 15 is 0 Å². The fourth-order valence-electron chi connectivity index (χ4n) is 4.26. The zero-order valence-electron chi connectivity index (χ0n) is 18.9. The van der Waals surface area contributed by atoms with E-state index in [1.165, 1.54) is 12.1 Å². The first-order valence-corrected chi connectivity index (χ1v) is 11.5. The van der Waals surface area contributed by atoms with Gasteiger partial charge >= 0.3 is 0 Å². The summed E-state index contributed by atoms with van der Waals surface area (Å²) in [6.45, 7) is 6.45. The molecule has 0 saturated carbocycles. The lowest BCUT2D eigenvalue weighted by atomic mass is 10.0. The highest BCUT2D eigenvalue weighted by atomic mass is 35.5. The van der Waals surface area contributed by atoms with Crippen LogP contribution in [-0.4, -0.2) is 26.1 Å². The van der Waals surface area contributed by atoms with Gasteiger partial charge in [-0.25, -0.2) is 9.07 Å². The van der Waals surface area contributed by atoms with E-state index in [0.29, 0.717) is 17.3 Å². The van der Waals surface area contributed by atoms with Gasteiger partial charge in [-0.1, -0.05) is 30.2 Å². The van der Waals surface area contributed by atoms with Crippen molar-refractivity contribution in [2.75, 3.05) is 0 Å². The Balaban J connectivity index is 1.76. The number of nitrogens with zero attached hydrogens (tertiary/aromatic N) is 3. The standard InChI is InChI=1S/C26H29ClFN3O/c1-26(2,3)30(17-18-9-13-20(28)14-10-18)25(32)24-22-7-5-4-6-8-23(22)31(29-24)21-15-11-19(27)12-16-21/h9-16H,4-8,17H2,1-3H3. The van der Waals surface area contributed by atoms with E-state index in [-0.39, 0.29) is 11.7 Å². The topological polar surface area (TPSA) is 38.1 Å². The molecule has 0 saturated heterocycles. The maximum atomic E-state index is 13.9. The normalized spacial score (nSPS) is 14.0. The molecule has 0 radical (unpaired) electrons. The van der Waals surface area contributed by atoms with Crippen molar-refractivity contribution in [1.29, 1.82) is 0 Å². The first-order chi connectivity index (χ1) is 15.2. The van der Waals surface area contributed by atoms with Crippen molar-refractivity contribution < 1.29 is 9.18 Å². The van der Waals surface area contributed by atoms with E-state index in [1.54, 1.807) is 12.1 Å². The van der Waals surface area contributed by atoms with Crippen molar-refractivity contribution in [3.8, 4) is 5.69 Å². The summed E-state index contributed by atoms with van der Waals surface area (Å²) in [7, 11) is 0. The summed E-state index contributed by atoms with van der Waals surface area (Å²) in [5.41, 5.74) is 4.06. The van der Waals surface area contributed by atoms with E-state index < -0.39 is 5.54 Å². The van der Waals surface area contributed by atoms with Crippen molar-refractivity contribution in [2.45, 2.75) is 65.0 Å². The molecule has 0 fully saturated rings. The van der Waals surface area contributed by atoms with Gasteiger partial charge in [0.25, 0.3) is 5.91 Å². The fraction of sp³-hybridized carbons (Fsp3) is 0.385. The third-order valence-electron chi connectivity index (χ3n) is 6.01. The smallest absolute Gasteiger partial charge is 0.275 e. The number of carbonyl (C=O) groups is 1. The first kappa shape index (κ1) is 22.5. The molecule has 6 heteroatoms. The molecule has 0 atom stereocenters. The molecule has 0 bridgehead atoms. The van der Waals surface area contributed by atoms with Gasteiger partial charge < -0.3 is 4.90 Å². The number of benzene rings is 2. The molecule has 4 rings (SSSR count). The van der Waals surface area contributed by atoms with Crippen LogP contribution in [0.3, 0.4) is 0 Å².